The summed E-state index contributed by atoms with van der Waals surface area (Å²) < 4.78 is 10.3. The topological polar surface area (TPSA) is 67.8 Å². The van der Waals surface area contributed by atoms with E-state index < -0.39 is 5.54 Å². The Hall–Kier alpha value is -1.75. The third kappa shape index (κ3) is 4.13. The van der Waals surface area contributed by atoms with Gasteiger partial charge in [0.05, 0.1) is 19.8 Å². The molecule has 0 aromatic heterocycles. The molecule has 2 N–H and O–H groups in total. The van der Waals surface area contributed by atoms with Gasteiger partial charge in [0.1, 0.15) is 11.5 Å². The van der Waals surface area contributed by atoms with E-state index in [0.29, 0.717) is 23.5 Å². The Labute approximate surface area is 113 Å². The van der Waals surface area contributed by atoms with Crippen LogP contribution in [0, 0.1) is 0 Å². The number of carbonyl (C=O) groups excluding carboxylic acids is 1. The van der Waals surface area contributed by atoms with Crippen molar-refractivity contribution < 1.29 is 19.4 Å². The molecule has 19 heavy (non-hydrogen) atoms. The molecule has 0 radical (unpaired) electrons. The molecule has 0 fully saturated rings. The second-order valence-corrected chi connectivity index (χ2v) is 4.88. The van der Waals surface area contributed by atoms with E-state index in [9.17, 15) is 4.79 Å². The lowest BCUT2D eigenvalue weighted by molar-refractivity contribution is 0.0896. The van der Waals surface area contributed by atoms with Gasteiger partial charge in [-0.25, -0.2) is 0 Å². The molecular weight excluding hydrogens is 246 g/mol. The smallest absolute Gasteiger partial charge is 0.255 e. The average molecular weight is 267 g/mol. The van der Waals surface area contributed by atoms with Crippen molar-refractivity contribution in [2.45, 2.75) is 25.8 Å². The molecule has 1 aromatic rings. The molecular formula is C14H21NO4. The van der Waals surface area contributed by atoms with Crippen LogP contribution in [0.3, 0.4) is 0 Å². The summed E-state index contributed by atoms with van der Waals surface area (Å²) in [5, 5.41) is 11.8. The number of rotatable bonds is 6. The van der Waals surface area contributed by atoms with Gasteiger partial charge in [-0.3, -0.25) is 4.79 Å². The van der Waals surface area contributed by atoms with E-state index >= 15 is 0 Å². The van der Waals surface area contributed by atoms with Crippen LogP contribution >= 0.6 is 0 Å². The van der Waals surface area contributed by atoms with Crippen LogP contribution in [0.4, 0.5) is 0 Å². The van der Waals surface area contributed by atoms with Crippen LogP contribution < -0.4 is 14.8 Å². The van der Waals surface area contributed by atoms with E-state index in [2.05, 4.69) is 5.32 Å². The Balaban J connectivity index is 2.93. The van der Waals surface area contributed by atoms with Crippen molar-refractivity contribution in [3.63, 3.8) is 0 Å². The molecule has 5 nitrogen and oxygen atoms in total. The molecule has 1 aromatic carbocycles. The highest BCUT2D eigenvalue weighted by Gasteiger charge is 2.22. The van der Waals surface area contributed by atoms with Crippen molar-refractivity contribution in [3.8, 4) is 11.5 Å². The number of benzene rings is 1. The number of carbonyl (C=O) groups is 1. The Morgan fingerprint density at radius 1 is 1.32 bits per heavy atom. The zero-order chi connectivity index (χ0) is 14.5. The minimum absolute atomic E-state index is 0.0209. The number of aliphatic hydroxyl groups is 1. The zero-order valence-corrected chi connectivity index (χ0v) is 11.8. The number of nitrogens with one attached hydrogen (secondary N) is 1. The highest BCUT2D eigenvalue weighted by Crippen LogP contribution is 2.25. The molecule has 0 aliphatic carbocycles. The van der Waals surface area contributed by atoms with Gasteiger partial charge >= 0.3 is 0 Å². The summed E-state index contributed by atoms with van der Waals surface area (Å²) in [7, 11) is 3.06. The van der Waals surface area contributed by atoms with Crippen LogP contribution in [-0.2, 0) is 0 Å². The fourth-order valence-electron chi connectivity index (χ4n) is 1.70. The highest BCUT2D eigenvalue weighted by molar-refractivity contribution is 5.97. The van der Waals surface area contributed by atoms with Crippen LogP contribution in [0.2, 0.25) is 0 Å². The summed E-state index contributed by atoms with van der Waals surface area (Å²) >= 11 is 0. The van der Waals surface area contributed by atoms with Crippen molar-refractivity contribution in [2.24, 2.45) is 0 Å². The average Bonchev–Trinajstić information content (AvgIpc) is 2.37. The van der Waals surface area contributed by atoms with Crippen molar-refractivity contribution in [1.29, 1.82) is 0 Å². The standard InChI is InChI=1S/C14H21NO4/c1-14(2,7-8-16)15-13(17)11-6-5-10(18-3)9-12(11)19-4/h5-6,9,16H,7-8H2,1-4H3,(H,15,17). The molecule has 0 spiro atoms. The predicted octanol–water partition coefficient (Wildman–Crippen LogP) is 1.59. The number of methoxy groups -OCH3 is 2. The zero-order valence-electron chi connectivity index (χ0n) is 11.8. The summed E-state index contributed by atoms with van der Waals surface area (Å²) in [5.74, 6) is 0.845. The number of hydrogen-bond donors (Lipinski definition) is 2. The van der Waals surface area contributed by atoms with Crippen molar-refractivity contribution in [1.82, 2.24) is 5.32 Å². The van der Waals surface area contributed by atoms with Gasteiger partial charge in [-0.2, -0.15) is 0 Å². The second kappa shape index (κ2) is 6.43. The Morgan fingerprint density at radius 2 is 2.00 bits per heavy atom. The van der Waals surface area contributed by atoms with Crippen molar-refractivity contribution in [3.05, 3.63) is 23.8 Å². The molecule has 1 rings (SSSR count). The Bertz CT molecular complexity index is 443. The summed E-state index contributed by atoms with van der Waals surface area (Å²) in [6.45, 7) is 3.74. The maximum atomic E-state index is 12.2. The van der Waals surface area contributed by atoms with Gasteiger partial charge in [0.2, 0.25) is 0 Å². The van der Waals surface area contributed by atoms with Crippen molar-refractivity contribution >= 4 is 5.91 Å². The number of aliphatic hydroxyl groups excluding tert-OH is 1. The molecule has 0 atom stereocenters. The quantitative estimate of drug-likeness (QED) is 0.821. The van der Waals surface area contributed by atoms with Crippen LogP contribution in [0.1, 0.15) is 30.6 Å². The van der Waals surface area contributed by atoms with Crippen molar-refractivity contribution in [2.75, 3.05) is 20.8 Å². The third-order valence-corrected chi connectivity index (χ3v) is 2.84. The first-order valence-corrected chi connectivity index (χ1v) is 6.09. The molecule has 106 valence electrons. The second-order valence-electron chi connectivity index (χ2n) is 4.88. The summed E-state index contributed by atoms with van der Waals surface area (Å²) in [6, 6.07) is 5.02. The number of ether oxygens (including phenoxy) is 2. The lowest BCUT2D eigenvalue weighted by atomic mass is 10.0. The van der Waals surface area contributed by atoms with E-state index in [-0.39, 0.29) is 12.5 Å². The fraction of sp³-hybridized carbons (Fsp3) is 0.500. The predicted molar refractivity (Wildman–Crippen MR) is 72.8 cm³/mol. The molecule has 0 saturated carbocycles. The number of hydrogen-bond acceptors (Lipinski definition) is 4. The molecule has 0 bridgehead atoms. The Morgan fingerprint density at radius 3 is 2.53 bits per heavy atom. The molecule has 5 heteroatoms. The number of amides is 1. The summed E-state index contributed by atoms with van der Waals surface area (Å²) in [4.78, 5) is 12.2. The summed E-state index contributed by atoms with van der Waals surface area (Å²) in [6.07, 6.45) is 0.483. The molecule has 0 unspecified atom stereocenters. The largest absolute Gasteiger partial charge is 0.497 e. The third-order valence-electron chi connectivity index (χ3n) is 2.84. The first-order chi connectivity index (χ1) is 8.93. The fourth-order valence-corrected chi connectivity index (χ4v) is 1.70. The van der Waals surface area contributed by atoms with Crippen LogP contribution in [0.15, 0.2) is 18.2 Å². The maximum absolute atomic E-state index is 12.2. The van der Waals surface area contributed by atoms with Gasteiger partial charge in [0.25, 0.3) is 5.91 Å². The van der Waals surface area contributed by atoms with Gasteiger partial charge in [0, 0.05) is 18.2 Å². The van der Waals surface area contributed by atoms with Crippen LogP contribution in [0.5, 0.6) is 11.5 Å². The molecule has 1 amide bonds. The monoisotopic (exact) mass is 267 g/mol. The van der Waals surface area contributed by atoms with Crippen LogP contribution in [-0.4, -0.2) is 37.4 Å². The molecule has 0 heterocycles. The maximum Gasteiger partial charge on any atom is 0.255 e. The normalized spacial score (nSPS) is 11.0. The first kappa shape index (κ1) is 15.3. The minimum atomic E-state index is -0.475. The van der Waals surface area contributed by atoms with E-state index in [1.165, 1.54) is 7.11 Å². The van der Waals surface area contributed by atoms with Gasteiger partial charge < -0.3 is 19.9 Å². The van der Waals surface area contributed by atoms with E-state index in [1.807, 2.05) is 13.8 Å². The molecule has 0 aliphatic rings. The van der Waals surface area contributed by atoms with Gasteiger partial charge in [-0.1, -0.05) is 0 Å². The highest BCUT2D eigenvalue weighted by atomic mass is 16.5. The van der Waals surface area contributed by atoms with Crippen LogP contribution in [0.25, 0.3) is 0 Å². The van der Waals surface area contributed by atoms with Gasteiger partial charge in [0.15, 0.2) is 0 Å². The van der Waals surface area contributed by atoms with E-state index in [1.54, 1.807) is 25.3 Å². The van der Waals surface area contributed by atoms with E-state index in [0.717, 1.165) is 0 Å². The SMILES string of the molecule is COc1ccc(C(=O)NC(C)(C)CCO)c(OC)c1. The Kier molecular flexibility index (Phi) is 5.18. The summed E-state index contributed by atoms with van der Waals surface area (Å²) in [5.41, 5.74) is -0.0362. The lowest BCUT2D eigenvalue weighted by Gasteiger charge is -2.25. The van der Waals surface area contributed by atoms with Gasteiger partial charge in [-0.15, -0.1) is 0 Å². The minimum Gasteiger partial charge on any atom is -0.497 e. The molecule has 0 saturated heterocycles. The van der Waals surface area contributed by atoms with Gasteiger partial charge in [-0.05, 0) is 32.4 Å². The van der Waals surface area contributed by atoms with E-state index in [4.69, 9.17) is 14.6 Å². The molecule has 0 aliphatic heterocycles. The first-order valence-electron chi connectivity index (χ1n) is 6.09. The lowest BCUT2D eigenvalue weighted by Crippen LogP contribution is -2.44.